The lowest BCUT2D eigenvalue weighted by Crippen LogP contribution is -2.41. The lowest BCUT2D eigenvalue weighted by Gasteiger charge is -2.34. The van der Waals surface area contributed by atoms with Crippen molar-refractivity contribution in [2.45, 2.75) is 39.0 Å². The number of nitrogens with zero attached hydrogens (tertiary/aromatic N) is 1. The van der Waals surface area contributed by atoms with E-state index in [1.54, 1.807) is 6.92 Å². The molecule has 2 aromatic rings. The quantitative estimate of drug-likeness (QED) is 0.471. The molecule has 1 atom stereocenters. The van der Waals surface area contributed by atoms with E-state index in [4.69, 9.17) is 27.9 Å². The number of carbonyl (C=O) groups is 3. The number of hydrogen-bond acceptors (Lipinski definition) is 4. The van der Waals surface area contributed by atoms with Gasteiger partial charge in [-0.3, -0.25) is 14.4 Å². The molecule has 10 heteroatoms. The lowest BCUT2D eigenvalue weighted by molar-refractivity contribution is -0.144. The van der Waals surface area contributed by atoms with Gasteiger partial charge in [-0.1, -0.05) is 29.3 Å². The summed E-state index contributed by atoms with van der Waals surface area (Å²) >= 11 is 12.9. The normalized spacial score (nSPS) is 15.9. The van der Waals surface area contributed by atoms with Crippen LogP contribution in [0.25, 0.3) is 0 Å². The summed E-state index contributed by atoms with van der Waals surface area (Å²) in [7, 11) is 0. The third-order valence-corrected chi connectivity index (χ3v) is 6.04. The number of halogens is 4. The molecule has 182 valence electrons. The van der Waals surface area contributed by atoms with E-state index in [1.165, 1.54) is 29.2 Å². The van der Waals surface area contributed by atoms with Crippen molar-refractivity contribution in [2.24, 2.45) is 5.92 Å². The zero-order valence-electron chi connectivity index (χ0n) is 18.5. The largest absolute Gasteiger partial charge is 0.466 e. The summed E-state index contributed by atoms with van der Waals surface area (Å²) in [4.78, 5) is 37.6. The molecule has 1 N–H and O–H groups in total. The number of anilines is 2. The third-order valence-electron chi connectivity index (χ3n) is 5.46. The highest BCUT2D eigenvalue weighted by Crippen LogP contribution is 2.39. The van der Waals surface area contributed by atoms with Crippen LogP contribution in [0.1, 0.15) is 38.2 Å². The van der Waals surface area contributed by atoms with E-state index in [-0.39, 0.29) is 54.3 Å². The van der Waals surface area contributed by atoms with Crippen molar-refractivity contribution in [2.75, 3.05) is 23.4 Å². The summed E-state index contributed by atoms with van der Waals surface area (Å²) < 4.78 is 32.1. The van der Waals surface area contributed by atoms with Gasteiger partial charge in [0.25, 0.3) is 0 Å². The second-order valence-corrected chi connectivity index (χ2v) is 8.80. The highest BCUT2D eigenvalue weighted by Gasteiger charge is 2.30. The Bertz CT molecular complexity index is 1070. The van der Waals surface area contributed by atoms with Crippen molar-refractivity contribution in [3.8, 4) is 0 Å². The maximum Gasteiger partial charge on any atom is 0.306 e. The van der Waals surface area contributed by atoms with E-state index < -0.39 is 23.5 Å². The van der Waals surface area contributed by atoms with Gasteiger partial charge in [0.15, 0.2) is 0 Å². The molecule has 2 aromatic carbocycles. The molecule has 0 bridgehead atoms. The van der Waals surface area contributed by atoms with Gasteiger partial charge in [0.2, 0.25) is 11.8 Å². The van der Waals surface area contributed by atoms with Crippen LogP contribution in [0.4, 0.5) is 20.2 Å². The van der Waals surface area contributed by atoms with Crippen LogP contribution >= 0.6 is 23.2 Å². The first-order chi connectivity index (χ1) is 16.2. The average Bonchev–Trinajstić information content (AvgIpc) is 2.76. The molecule has 1 unspecified atom stereocenters. The Morgan fingerprint density at radius 1 is 1.15 bits per heavy atom. The van der Waals surface area contributed by atoms with Crippen molar-refractivity contribution >= 4 is 52.4 Å². The molecule has 0 aliphatic carbocycles. The van der Waals surface area contributed by atoms with Crippen molar-refractivity contribution < 1.29 is 27.9 Å². The summed E-state index contributed by atoms with van der Waals surface area (Å²) in [6, 6.07) is 6.40. The number of amides is 2. The molecule has 0 aromatic heterocycles. The highest BCUT2D eigenvalue weighted by atomic mass is 35.5. The highest BCUT2D eigenvalue weighted by molar-refractivity contribution is 6.40. The molecule has 2 amide bonds. The summed E-state index contributed by atoms with van der Waals surface area (Å²) in [6.07, 6.45) is 0.988. The number of esters is 1. The maximum absolute atomic E-state index is 14.1. The topological polar surface area (TPSA) is 75.7 Å². The minimum Gasteiger partial charge on any atom is -0.466 e. The monoisotopic (exact) mass is 512 g/mol. The number of benzene rings is 2. The fourth-order valence-electron chi connectivity index (χ4n) is 3.86. The van der Waals surface area contributed by atoms with Gasteiger partial charge in [-0.2, -0.15) is 0 Å². The van der Waals surface area contributed by atoms with Crippen LogP contribution in [0.5, 0.6) is 0 Å². The van der Waals surface area contributed by atoms with Crippen molar-refractivity contribution in [1.29, 1.82) is 0 Å². The predicted molar refractivity (Wildman–Crippen MR) is 126 cm³/mol. The molecule has 1 fully saturated rings. The van der Waals surface area contributed by atoms with E-state index in [2.05, 4.69) is 5.32 Å². The van der Waals surface area contributed by atoms with Gasteiger partial charge in [-0.05, 0) is 49.4 Å². The first kappa shape index (κ1) is 25.9. The molecule has 0 spiro atoms. The zero-order chi connectivity index (χ0) is 24.8. The Morgan fingerprint density at radius 3 is 2.50 bits per heavy atom. The molecule has 6 nitrogen and oxygen atoms in total. The molecule has 34 heavy (non-hydrogen) atoms. The van der Waals surface area contributed by atoms with Gasteiger partial charge < -0.3 is 15.0 Å². The van der Waals surface area contributed by atoms with Crippen LogP contribution in [0.15, 0.2) is 30.3 Å². The standard InChI is InChI=1S/C24H24Cl2F2N2O4/c1-2-34-23(33)8-6-21(31)29-17-11-18(25)24(19(26)12-17)30-13-14(3-7-22(30)32)9-15-4-5-16(27)10-20(15)28/h4-5,10-12,14H,2-3,6-9,13H2,1H3,(H,29,31). The molecule has 0 saturated carbocycles. The smallest absolute Gasteiger partial charge is 0.306 e. The number of rotatable bonds is 8. The Hall–Kier alpha value is -2.71. The van der Waals surface area contributed by atoms with Gasteiger partial charge in [-0.25, -0.2) is 8.78 Å². The summed E-state index contributed by atoms with van der Waals surface area (Å²) in [5.74, 6) is -2.40. The first-order valence-corrected chi connectivity index (χ1v) is 11.6. The second-order valence-electron chi connectivity index (χ2n) is 7.99. The van der Waals surface area contributed by atoms with E-state index >= 15 is 0 Å². The number of piperidine rings is 1. The number of ether oxygens (including phenoxy) is 1. The van der Waals surface area contributed by atoms with Crippen LogP contribution < -0.4 is 10.2 Å². The van der Waals surface area contributed by atoms with E-state index in [0.717, 1.165) is 6.07 Å². The van der Waals surface area contributed by atoms with Crippen LogP contribution in [0.3, 0.4) is 0 Å². The first-order valence-electron chi connectivity index (χ1n) is 10.9. The average molecular weight is 513 g/mol. The van der Waals surface area contributed by atoms with Crippen molar-refractivity contribution in [3.63, 3.8) is 0 Å². The molecule has 1 saturated heterocycles. The SMILES string of the molecule is CCOC(=O)CCC(=O)Nc1cc(Cl)c(N2CC(Cc3ccc(F)cc3F)CCC2=O)c(Cl)c1. The third kappa shape index (κ3) is 6.67. The van der Waals surface area contributed by atoms with E-state index in [0.29, 0.717) is 29.8 Å². The number of carbonyl (C=O) groups excluding carboxylic acids is 3. The predicted octanol–water partition coefficient (Wildman–Crippen LogP) is 5.54. The van der Waals surface area contributed by atoms with Crippen LogP contribution in [-0.4, -0.2) is 30.9 Å². The summed E-state index contributed by atoms with van der Waals surface area (Å²) in [5.41, 5.74) is 1.00. The summed E-state index contributed by atoms with van der Waals surface area (Å²) in [6.45, 7) is 2.18. The van der Waals surface area contributed by atoms with E-state index in [1.807, 2.05) is 0 Å². The molecular weight excluding hydrogens is 489 g/mol. The van der Waals surface area contributed by atoms with Gasteiger partial charge in [0.05, 0.1) is 28.8 Å². The Kier molecular flexibility index (Phi) is 8.85. The number of nitrogens with one attached hydrogen (secondary N) is 1. The van der Waals surface area contributed by atoms with Gasteiger partial charge in [0.1, 0.15) is 11.6 Å². The van der Waals surface area contributed by atoms with Crippen LogP contribution in [0.2, 0.25) is 10.0 Å². The van der Waals surface area contributed by atoms with Crippen molar-refractivity contribution in [3.05, 3.63) is 57.6 Å². The Labute approximate surface area is 206 Å². The fraction of sp³-hybridized carbons (Fsp3) is 0.375. The molecule has 1 aliphatic heterocycles. The number of hydrogen-bond donors (Lipinski definition) is 1. The van der Waals surface area contributed by atoms with Crippen LogP contribution in [-0.2, 0) is 25.5 Å². The molecular formula is C24H24Cl2F2N2O4. The zero-order valence-corrected chi connectivity index (χ0v) is 20.0. The Balaban J connectivity index is 1.70. The van der Waals surface area contributed by atoms with Crippen molar-refractivity contribution in [1.82, 2.24) is 0 Å². The molecule has 0 radical (unpaired) electrons. The van der Waals surface area contributed by atoms with E-state index in [9.17, 15) is 23.2 Å². The Morgan fingerprint density at radius 2 is 1.85 bits per heavy atom. The lowest BCUT2D eigenvalue weighted by atomic mass is 9.90. The summed E-state index contributed by atoms with van der Waals surface area (Å²) in [5, 5.41) is 2.95. The maximum atomic E-state index is 14.1. The molecule has 3 rings (SSSR count). The van der Waals surface area contributed by atoms with Gasteiger partial charge in [0, 0.05) is 31.1 Å². The van der Waals surface area contributed by atoms with Gasteiger partial charge in [-0.15, -0.1) is 0 Å². The van der Waals surface area contributed by atoms with Crippen LogP contribution in [0, 0.1) is 17.6 Å². The molecule has 1 heterocycles. The minimum absolute atomic E-state index is 0.0580. The van der Waals surface area contributed by atoms with Gasteiger partial charge >= 0.3 is 5.97 Å². The molecule has 1 aliphatic rings. The second kappa shape index (κ2) is 11.6. The minimum atomic E-state index is -0.645. The fourth-order valence-corrected chi connectivity index (χ4v) is 4.55.